The SMILES string of the molecule is Cc1ccc(CN2C(=O)CCC2C(=O)N2CCC(CO)C2)cc1. The van der Waals surface area contributed by atoms with Gasteiger partial charge < -0.3 is 14.9 Å². The summed E-state index contributed by atoms with van der Waals surface area (Å²) in [6.45, 7) is 3.95. The molecule has 0 radical (unpaired) electrons. The second-order valence-electron chi connectivity index (χ2n) is 6.68. The number of carbonyl (C=O) groups excluding carboxylic acids is 2. The molecule has 2 unspecified atom stereocenters. The van der Waals surface area contributed by atoms with E-state index in [1.807, 2.05) is 36.1 Å². The van der Waals surface area contributed by atoms with Gasteiger partial charge in [0.05, 0.1) is 0 Å². The Morgan fingerprint density at radius 1 is 1.26 bits per heavy atom. The van der Waals surface area contributed by atoms with Gasteiger partial charge in [-0.25, -0.2) is 0 Å². The standard InChI is InChI=1S/C18H24N2O3/c1-13-2-4-14(5-3-13)11-20-16(6-7-17(20)22)18(23)19-9-8-15(10-19)12-21/h2-5,15-16,21H,6-12H2,1H3. The lowest BCUT2D eigenvalue weighted by atomic mass is 10.1. The summed E-state index contributed by atoms with van der Waals surface area (Å²) in [5.74, 6) is 0.280. The molecule has 124 valence electrons. The Bertz CT molecular complexity index is 584. The molecule has 2 fully saturated rings. The van der Waals surface area contributed by atoms with Gasteiger partial charge in [0.2, 0.25) is 11.8 Å². The molecule has 5 nitrogen and oxygen atoms in total. The number of carbonyl (C=O) groups is 2. The van der Waals surface area contributed by atoms with Crippen LogP contribution in [-0.4, -0.2) is 52.5 Å². The molecule has 2 aliphatic rings. The molecule has 0 aromatic heterocycles. The van der Waals surface area contributed by atoms with Crippen LogP contribution in [0.2, 0.25) is 0 Å². The van der Waals surface area contributed by atoms with Crippen molar-refractivity contribution in [2.24, 2.45) is 5.92 Å². The molecular weight excluding hydrogens is 292 g/mol. The molecule has 2 amide bonds. The van der Waals surface area contributed by atoms with Crippen LogP contribution < -0.4 is 0 Å². The van der Waals surface area contributed by atoms with E-state index >= 15 is 0 Å². The third-order valence-corrected chi connectivity index (χ3v) is 4.94. The number of nitrogens with zero attached hydrogens (tertiary/aromatic N) is 2. The largest absolute Gasteiger partial charge is 0.396 e. The summed E-state index contributed by atoms with van der Waals surface area (Å²) in [5.41, 5.74) is 2.24. The minimum Gasteiger partial charge on any atom is -0.396 e. The number of likely N-dealkylation sites (tertiary alicyclic amines) is 2. The van der Waals surface area contributed by atoms with E-state index in [0.29, 0.717) is 32.5 Å². The predicted octanol–water partition coefficient (Wildman–Crippen LogP) is 1.33. The fraction of sp³-hybridized carbons (Fsp3) is 0.556. The number of benzene rings is 1. The Morgan fingerprint density at radius 2 is 2.00 bits per heavy atom. The number of hydrogen-bond acceptors (Lipinski definition) is 3. The second kappa shape index (κ2) is 6.71. The average Bonchev–Trinajstić information content (AvgIpc) is 3.17. The number of rotatable bonds is 4. The first kappa shape index (κ1) is 16.0. The normalized spacial score (nSPS) is 24.5. The molecule has 2 heterocycles. The van der Waals surface area contributed by atoms with Gasteiger partial charge in [-0.15, -0.1) is 0 Å². The van der Waals surface area contributed by atoms with E-state index in [-0.39, 0.29) is 30.4 Å². The fourth-order valence-electron chi connectivity index (χ4n) is 3.47. The van der Waals surface area contributed by atoms with Crippen LogP contribution in [-0.2, 0) is 16.1 Å². The molecule has 5 heteroatoms. The van der Waals surface area contributed by atoms with Crippen molar-refractivity contribution in [3.63, 3.8) is 0 Å². The van der Waals surface area contributed by atoms with Crippen LogP contribution in [0, 0.1) is 12.8 Å². The summed E-state index contributed by atoms with van der Waals surface area (Å²) in [4.78, 5) is 28.5. The zero-order valence-corrected chi connectivity index (χ0v) is 13.6. The maximum absolute atomic E-state index is 12.8. The quantitative estimate of drug-likeness (QED) is 0.911. The Balaban J connectivity index is 1.69. The van der Waals surface area contributed by atoms with Gasteiger partial charge >= 0.3 is 0 Å². The van der Waals surface area contributed by atoms with Crippen molar-refractivity contribution in [3.05, 3.63) is 35.4 Å². The van der Waals surface area contributed by atoms with Gasteiger partial charge in [0.15, 0.2) is 0 Å². The minimum absolute atomic E-state index is 0.0407. The van der Waals surface area contributed by atoms with Crippen LogP contribution in [0.1, 0.15) is 30.4 Å². The number of amides is 2. The summed E-state index contributed by atoms with van der Waals surface area (Å²) in [6.07, 6.45) is 1.89. The molecule has 1 N–H and O–H groups in total. The highest BCUT2D eigenvalue weighted by Gasteiger charge is 2.39. The van der Waals surface area contributed by atoms with E-state index in [4.69, 9.17) is 0 Å². The van der Waals surface area contributed by atoms with Crippen LogP contribution in [0.4, 0.5) is 0 Å². The van der Waals surface area contributed by atoms with Crippen LogP contribution in [0.3, 0.4) is 0 Å². The zero-order valence-electron chi connectivity index (χ0n) is 13.6. The van der Waals surface area contributed by atoms with Gasteiger partial charge in [0.25, 0.3) is 0 Å². The molecule has 0 spiro atoms. The van der Waals surface area contributed by atoms with E-state index in [1.54, 1.807) is 4.90 Å². The first-order valence-electron chi connectivity index (χ1n) is 8.33. The maximum atomic E-state index is 12.8. The van der Waals surface area contributed by atoms with E-state index < -0.39 is 0 Å². The van der Waals surface area contributed by atoms with Crippen LogP contribution >= 0.6 is 0 Å². The smallest absolute Gasteiger partial charge is 0.245 e. The third kappa shape index (κ3) is 3.39. The maximum Gasteiger partial charge on any atom is 0.245 e. The summed E-state index contributed by atoms with van der Waals surface area (Å²) in [7, 11) is 0. The lowest BCUT2D eigenvalue weighted by Gasteiger charge is -2.28. The molecule has 2 aliphatic heterocycles. The second-order valence-corrected chi connectivity index (χ2v) is 6.68. The van der Waals surface area contributed by atoms with Crippen molar-refractivity contribution in [3.8, 4) is 0 Å². The van der Waals surface area contributed by atoms with E-state index in [0.717, 1.165) is 12.0 Å². The molecule has 23 heavy (non-hydrogen) atoms. The Hall–Kier alpha value is -1.88. The molecule has 1 aromatic rings. The van der Waals surface area contributed by atoms with Gasteiger partial charge in [-0.1, -0.05) is 29.8 Å². The lowest BCUT2D eigenvalue weighted by Crippen LogP contribution is -2.45. The highest BCUT2D eigenvalue weighted by Crippen LogP contribution is 2.26. The molecule has 0 bridgehead atoms. The van der Waals surface area contributed by atoms with Crippen LogP contribution in [0.5, 0.6) is 0 Å². The first-order valence-corrected chi connectivity index (χ1v) is 8.33. The molecule has 0 saturated carbocycles. The van der Waals surface area contributed by atoms with Crippen molar-refractivity contribution in [2.75, 3.05) is 19.7 Å². The van der Waals surface area contributed by atoms with Gasteiger partial charge in [0.1, 0.15) is 6.04 Å². The Labute approximate surface area is 136 Å². The monoisotopic (exact) mass is 316 g/mol. The lowest BCUT2D eigenvalue weighted by molar-refractivity contribution is -0.141. The van der Waals surface area contributed by atoms with Gasteiger partial charge in [-0.05, 0) is 25.3 Å². The van der Waals surface area contributed by atoms with E-state index in [1.165, 1.54) is 5.56 Å². The van der Waals surface area contributed by atoms with Crippen molar-refractivity contribution in [1.29, 1.82) is 0 Å². The average molecular weight is 316 g/mol. The summed E-state index contributed by atoms with van der Waals surface area (Å²) < 4.78 is 0. The predicted molar refractivity (Wildman–Crippen MR) is 86.5 cm³/mol. The van der Waals surface area contributed by atoms with Crippen LogP contribution in [0.15, 0.2) is 24.3 Å². The van der Waals surface area contributed by atoms with Gasteiger partial charge in [0, 0.05) is 38.6 Å². The fourth-order valence-corrected chi connectivity index (χ4v) is 3.47. The van der Waals surface area contributed by atoms with Crippen molar-refractivity contribution < 1.29 is 14.7 Å². The molecule has 3 rings (SSSR count). The Kier molecular flexibility index (Phi) is 4.66. The third-order valence-electron chi connectivity index (χ3n) is 4.94. The number of aryl methyl sites for hydroxylation is 1. The Morgan fingerprint density at radius 3 is 2.65 bits per heavy atom. The topological polar surface area (TPSA) is 60.9 Å². The highest BCUT2D eigenvalue weighted by molar-refractivity contribution is 5.91. The summed E-state index contributed by atoms with van der Waals surface area (Å²) in [6, 6.07) is 7.74. The molecule has 0 aliphatic carbocycles. The zero-order chi connectivity index (χ0) is 16.4. The molecular formula is C18H24N2O3. The van der Waals surface area contributed by atoms with Crippen LogP contribution in [0.25, 0.3) is 0 Å². The number of aliphatic hydroxyl groups excluding tert-OH is 1. The highest BCUT2D eigenvalue weighted by atomic mass is 16.3. The van der Waals surface area contributed by atoms with Gasteiger partial charge in [-0.2, -0.15) is 0 Å². The first-order chi connectivity index (χ1) is 11.1. The number of aliphatic hydroxyl groups is 1. The summed E-state index contributed by atoms with van der Waals surface area (Å²) >= 11 is 0. The molecule has 1 aromatic carbocycles. The number of hydrogen-bond donors (Lipinski definition) is 1. The van der Waals surface area contributed by atoms with Gasteiger partial charge in [-0.3, -0.25) is 9.59 Å². The van der Waals surface area contributed by atoms with Crippen molar-refractivity contribution in [2.45, 2.75) is 38.8 Å². The van der Waals surface area contributed by atoms with E-state index in [2.05, 4.69) is 0 Å². The molecule has 2 atom stereocenters. The van der Waals surface area contributed by atoms with Crippen molar-refractivity contribution in [1.82, 2.24) is 9.80 Å². The minimum atomic E-state index is -0.346. The summed E-state index contributed by atoms with van der Waals surface area (Å²) in [5, 5.41) is 9.24. The van der Waals surface area contributed by atoms with E-state index in [9.17, 15) is 14.7 Å². The molecule has 2 saturated heterocycles. The van der Waals surface area contributed by atoms with Crippen molar-refractivity contribution >= 4 is 11.8 Å².